The molecule has 0 radical (unpaired) electrons. The standard InChI is InChI=1S/C26H33N9O2/c1-17-22(11-19(14-28-17)25(36)29-24-12-23(37-31-24)26(2,3)4)35-16-21(30-32-35)18-10-20(15-27-13-18)34(7)9-8-33(5)6/h10-16H,8-9H2,1-7H3,(H,29,31,36). The van der Waals surface area contributed by atoms with Crippen LogP contribution in [0.4, 0.5) is 11.5 Å². The largest absolute Gasteiger partial charge is 0.372 e. The van der Waals surface area contributed by atoms with Crippen molar-refractivity contribution in [2.75, 3.05) is 44.4 Å². The van der Waals surface area contributed by atoms with E-state index in [0.717, 1.165) is 24.3 Å². The summed E-state index contributed by atoms with van der Waals surface area (Å²) in [5, 5.41) is 15.4. The van der Waals surface area contributed by atoms with Crippen LogP contribution < -0.4 is 10.2 Å². The van der Waals surface area contributed by atoms with E-state index >= 15 is 0 Å². The van der Waals surface area contributed by atoms with Crippen LogP contribution >= 0.6 is 0 Å². The van der Waals surface area contributed by atoms with Gasteiger partial charge in [0.05, 0.1) is 35.0 Å². The maximum atomic E-state index is 12.9. The predicted octanol–water partition coefficient (Wildman–Crippen LogP) is 3.57. The van der Waals surface area contributed by atoms with Gasteiger partial charge in [-0.3, -0.25) is 14.8 Å². The lowest BCUT2D eigenvalue weighted by Crippen LogP contribution is -2.28. The lowest BCUT2D eigenvalue weighted by Gasteiger charge is -2.21. The Bertz CT molecular complexity index is 1380. The fourth-order valence-corrected chi connectivity index (χ4v) is 3.52. The first kappa shape index (κ1) is 26.0. The van der Waals surface area contributed by atoms with Gasteiger partial charge in [0.25, 0.3) is 5.91 Å². The maximum Gasteiger partial charge on any atom is 0.258 e. The van der Waals surface area contributed by atoms with Gasteiger partial charge in [0.15, 0.2) is 5.82 Å². The van der Waals surface area contributed by atoms with E-state index in [1.54, 1.807) is 29.2 Å². The molecule has 1 N–H and O–H groups in total. The number of rotatable bonds is 8. The third-order valence-corrected chi connectivity index (χ3v) is 5.90. The summed E-state index contributed by atoms with van der Waals surface area (Å²) in [6, 6.07) is 5.49. The van der Waals surface area contributed by atoms with Crippen molar-refractivity contribution in [3.8, 4) is 16.9 Å². The molecule has 0 bridgehead atoms. The lowest BCUT2D eigenvalue weighted by atomic mass is 9.93. The predicted molar refractivity (Wildman–Crippen MR) is 142 cm³/mol. The Labute approximate surface area is 216 Å². The normalized spacial score (nSPS) is 11.7. The summed E-state index contributed by atoms with van der Waals surface area (Å²) in [5.41, 5.74) is 4.02. The summed E-state index contributed by atoms with van der Waals surface area (Å²) in [6.45, 7) is 9.69. The Morgan fingerprint density at radius 1 is 1.08 bits per heavy atom. The zero-order valence-electron chi connectivity index (χ0n) is 22.3. The Morgan fingerprint density at radius 3 is 2.57 bits per heavy atom. The molecule has 0 aliphatic heterocycles. The molecule has 4 heterocycles. The first-order valence-electron chi connectivity index (χ1n) is 12.0. The third kappa shape index (κ3) is 6.18. The Morgan fingerprint density at radius 2 is 1.86 bits per heavy atom. The van der Waals surface area contributed by atoms with Gasteiger partial charge in [-0.15, -0.1) is 5.10 Å². The second kappa shape index (κ2) is 10.5. The summed E-state index contributed by atoms with van der Waals surface area (Å²) in [7, 11) is 6.14. The molecule has 11 heteroatoms. The van der Waals surface area contributed by atoms with Gasteiger partial charge in [-0.2, -0.15) is 0 Å². The molecule has 4 aromatic rings. The fourth-order valence-electron chi connectivity index (χ4n) is 3.52. The molecule has 4 aromatic heterocycles. The van der Waals surface area contributed by atoms with Crippen LogP contribution in [0.25, 0.3) is 16.9 Å². The highest BCUT2D eigenvalue weighted by molar-refractivity contribution is 6.03. The number of nitrogens with zero attached hydrogens (tertiary/aromatic N) is 8. The molecule has 0 aliphatic rings. The maximum absolute atomic E-state index is 12.9. The molecule has 0 aromatic carbocycles. The molecule has 0 saturated carbocycles. The zero-order chi connectivity index (χ0) is 26.7. The van der Waals surface area contributed by atoms with Crippen molar-refractivity contribution < 1.29 is 9.32 Å². The molecular formula is C26H33N9O2. The van der Waals surface area contributed by atoms with Gasteiger partial charge in [0.1, 0.15) is 11.5 Å². The minimum atomic E-state index is -0.347. The lowest BCUT2D eigenvalue weighted by molar-refractivity contribution is 0.102. The molecule has 0 saturated heterocycles. The third-order valence-electron chi connectivity index (χ3n) is 5.90. The number of carbonyl (C=O) groups is 1. The number of anilines is 2. The number of aryl methyl sites for hydroxylation is 1. The molecule has 0 fully saturated rings. The summed E-state index contributed by atoms with van der Waals surface area (Å²) < 4.78 is 6.97. The molecule has 37 heavy (non-hydrogen) atoms. The van der Waals surface area contributed by atoms with Crippen LogP contribution in [-0.2, 0) is 5.41 Å². The van der Waals surface area contributed by atoms with E-state index in [2.05, 4.69) is 40.6 Å². The Hall–Kier alpha value is -4.12. The van der Waals surface area contributed by atoms with E-state index in [4.69, 9.17) is 4.52 Å². The number of carbonyl (C=O) groups excluding carboxylic acids is 1. The van der Waals surface area contributed by atoms with Crippen molar-refractivity contribution in [3.63, 3.8) is 0 Å². The summed E-state index contributed by atoms with van der Waals surface area (Å²) >= 11 is 0. The summed E-state index contributed by atoms with van der Waals surface area (Å²) in [5.74, 6) is 0.687. The number of nitrogens with one attached hydrogen (secondary N) is 1. The number of amides is 1. The van der Waals surface area contributed by atoms with E-state index in [1.807, 2.05) is 61.1 Å². The molecule has 1 amide bonds. The molecule has 4 rings (SSSR count). The number of pyridine rings is 2. The molecule has 0 aliphatic carbocycles. The molecular weight excluding hydrogens is 470 g/mol. The minimum Gasteiger partial charge on any atom is -0.372 e. The highest BCUT2D eigenvalue weighted by Crippen LogP contribution is 2.25. The summed E-state index contributed by atoms with van der Waals surface area (Å²) in [4.78, 5) is 26.0. The second-order valence-electron chi connectivity index (χ2n) is 10.3. The molecule has 194 valence electrons. The smallest absolute Gasteiger partial charge is 0.258 e. The fraction of sp³-hybridized carbons (Fsp3) is 0.385. The average Bonchev–Trinajstić information content (AvgIpc) is 3.53. The van der Waals surface area contributed by atoms with Gasteiger partial charge in [0, 0.05) is 49.6 Å². The Balaban J connectivity index is 1.54. The van der Waals surface area contributed by atoms with Crippen LogP contribution in [0.2, 0.25) is 0 Å². The Kier molecular flexibility index (Phi) is 7.35. The van der Waals surface area contributed by atoms with E-state index in [9.17, 15) is 4.79 Å². The monoisotopic (exact) mass is 503 g/mol. The number of aromatic nitrogens is 6. The molecule has 11 nitrogen and oxygen atoms in total. The molecule has 0 spiro atoms. The van der Waals surface area contributed by atoms with Crippen molar-refractivity contribution in [3.05, 3.63) is 60.0 Å². The molecule has 0 atom stereocenters. The number of hydrogen-bond acceptors (Lipinski definition) is 9. The van der Waals surface area contributed by atoms with E-state index in [1.165, 1.54) is 6.20 Å². The van der Waals surface area contributed by atoms with Gasteiger partial charge < -0.3 is 19.6 Å². The first-order chi connectivity index (χ1) is 17.5. The van der Waals surface area contributed by atoms with Crippen molar-refractivity contribution in [1.82, 2.24) is 35.0 Å². The molecule has 0 unspecified atom stereocenters. The SMILES string of the molecule is Cc1ncc(C(=O)Nc2cc(C(C)(C)C)on2)cc1-n1cc(-c2cncc(N(C)CCN(C)C)c2)nn1. The second-order valence-corrected chi connectivity index (χ2v) is 10.3. The van der Waals surface area contributed by atoms with Crippen LogP contribution in [0.1, 0.15) is 42.6 Å². The highest BCUT2D eigenvalue weighted by atomic mass is 16.5. The topological polar surface area (TPSA) is 118 Å². The van der Waals surface area contributed by atoms with Crippen molar-refractivity contribution in [2.24, 2.45) is 0 Å². The van der Waals surface area contributed by atoms with Gasteiger partial charge in [-0.05, 0) is 33.2 Å². The quantitative estimate of drug-likeness (QED) is 0.385. The van der Waals surface area contributed by atoms with E-state index < -0.39 is 0 Å². The van der Waals surface area contributed by atoms with Crippen molar-refractivity contribution in [2.45, 2.75) is 33.1 Å². The number of hydrogen-bond donors (Lipinski definition) is 1. The van der Waals surface area contributed by atoms with Crippen LogP contribution in [0.5, 0.6) is 0 Å². The highest BCUT2D eigenvalue weighted by Gasteiger charge is 2.21. The van der Waals surface area contributed by atoms with Crippen molar-refractivity contribution >= 4 is 17.4 Å². The minimum absolute atomic E-state index is 0.212. The van der Waals surface area contributed by atoms with Gasteiger partial charge in [0.2, 0.25) is 0 Å². The van der Waals surface area contributed by atoms with Crippen molar-refractivity contribution in [1.29, 1.82) is 0 Å². The van der Waals surface area contributed by atoms with E-state index in [-0.39, 0.29) is 11.3 Å². The van der Waals surface area contributed by atoms with E-state index in [0.29, 0.717) is 34.2 Å². The van der Waals surface area contributed by atoms with Crippen LogP contribution in [0, 0.1) is 6.92 Å². The van der Waals surface area contributed by atoms with Crippen LogP contribution in [-0.4, -0.2) is 75.2 Å². The summed E-state index contributed by atoms with van der Waals surface area (Å²) in [6.07, 6.45) is 6.92. The van der Waals surface area contributed by atoms with Gasteiger partial charge in [-0.25, -0.2) is 4.68 Å². The first-order valence-corrected chi connectivity index (χ1v) is 12.0. The van der Waals surface area contributed by atoms with Crippen LogP contribution in [0.15, 0.2) is 47.5 Å². The zero-order valence-corrected chi connectivity index (χ0v) is 22.3. The van der Waals surface area contributed by atoms with Gasteiger partial charge in [-0.1, -0.05) is 31.1 Å². The van der Waals surface area contributed by atoms with Crippen LogP contribution in [0.3, 0.4) is 0 Å². The number of likely N-dealkylation sites (N-methyl/N-ethyl adjacent to an activating group) is 2. The average molecular weight is 504 g/mol. The van der Waals surface area contributed by atoms with Gasteiger partial charge >= 0.3 is 0 Å².